The average molecular weight is 407 g/mol. The van der Waals surface area contributed by atoms with Gasteiger partial charge in [0.2, 0.25) is 5.88 Å². The predicted octanol–water partition coefficient (Wildman–Crippen LogP) is 3.08. The molecule has 1 N–H and O–H groups in total. The van der Waals surface area contributed by atoms with Gasteiger partial charge >= 0.3 is 5.97 Å². The van der Waals surface area contributed by atoms with Crippen molar-refractivity contribution < 1.29 is 19.0 Å². The second kappa shape index (κ2) is 6.98. The molecule has 128 valence electrons. The molecular formula is C16H12BrFN4O3. The number of aliphatic carboxylic acids is 1. The lowest BCUT2D eigenvalue weighted by molar-refractivity contribution is -0.144. The number of ether oxygens (including phenoxy) is 1. The number of para-hydroxylation sites is 1. The van der Waals surface area contributed by atoms with E-state index in [-0.39, 0.29) is 11.6 Å². The summed E-state index contributed by atoms with van der Waals surface area (Å²) in [6.45, 7) is 1.38. The van der Waals surface area contributed by atoms with Gasteiger partial charge in [0.15, 0.2) is 6.10 Å². The second-order valence-corrected chi connectivity index (χ2v) is 5.85. The Kier molecular flexibility index (Phi) is 4.75. The largest absolute Gasteiger partial charge is 0.479 e. The molecule has 0 aliphatic rings. The van der Waals surface area contributed by atoms with Gasteiger partial charge in [0.05, 0.1) is 5.69 Å². The fraction of sp³-hybridized carbons (Fsp3) is 0.125. The van der Waals surface area contributed by atoms with Gasteiger partial charge in [0.1, 0.15) is 22.3 Å². The molecule has 0 aliphatic heterocycles. The van der Waals surface area contributed by atoms with Crippen molar-refractivity contribution in [2.75, 3.05) is 0 Å². The molecule has 0 amide bonds. The SMILES string of the molecule is CC(Oc1nn(-c2ccccc2F)c(-c2cncnc2)c1Br)C(=O)O. The molecule has 3 aromatic rings. The van der Waals surface area contributed by atoms with E-state index in [1.54, 1.807) is 18.2 Å². The highest BCUT2D eigenvalue weighted by Gasteiger charge is 2.24. The first-order valence-corrected chi connectivity index (χ1v) is 7.96. The standard InChI is InChI=1S/C16H12BrFN4O3/c1-9(16(23)24)25-15-13(17)14(10-6-19-8-20-7-10)22(21-15)12-5-3-2-4-11(12)18/h2-9H,1H3,(H,23,24). The maximum Gasteiger partial charge on any atom is 0.344 e. The molecule has 1 aromatic carbocycles. The minimum Gasteiger partial charge on any atom is -0.479 e. The summed E-state index contributed by atoms with van der Waals surface area (Å²) in [4.78, 5) is 19.0. The van der Waals surface area contributed by atoms with Crippen molar-refractivity contribution in [1.82, 2.24) is 19.7 Å². The van der Waals surface area contributed by atoms with Crippen LogP contribution in [0.2, 0.25) is 0 Å². The van der Waals surface area contributed by atoms with Crippen LogP contribution in [0.1, 0.15) is 6.92 Å². The Hall–Kier alpha value is -2.81. The molecule has 1 atom stereocenters. The molecule has 2 aromatic heterocycles. The van der Waals surface area contributed by atoms with E-state index in [9.17, 15) is 9.18 Å². The Morgan fingerprint density at radius 1 is 1.32 bits per heavy atom. The van der Waals surface area contributed by atoms with E-state index in [1.165, 1.54) is 36.4 Å². The number of carboxylic acids is 1. The third kappa shape index (κ3) is 3.36. The van der Waals surface area contributed by atoms with Gasteiger partial charge in [-0.2, -0.15) is 0 Å². The fourth-order valence-corrected chi connectivity index (χ4v) is 2.71. The predicted molar refractivity (Wildman–Crippen MR) is 90.0 cm³/mol. The summed E-state index contributed by atoms with van der Waals surface area (Å²) < 4.78 is 21.3. The minimum absolute atomic E-state index is 0.0250. The monoisotopic (exact) mass is 406 g/mol. The molecule has 0 saturated heterocycles. The van der Waals surface area contributed by atoms with E-state index in [4.69, 9.17) is 9.84 Å². The average Bonchev–Trinajstić information content (AvgIpc) is 2.92. The number of halogens is 2. The van der Waals surface area contributed by atoms with Crippen LogP contribution in [-0.2, 0) is 4.79 Å². The molecule has 1 unspecified atom stereocenters. The van der Waals surface area contributed by atoms with Crippen LogP contribution in [0.15, 0.2) is 47.5 Å². The Balaban J connectivity index is 2.19. The lowest BCUT2D eigenvalue weighted by Crippen LogP contribution is -2.23. The van der Waals surface area contributed by atoms with Crippen LogP contribution in [0.25, 0.3) is 16.9 Å². The van der Waals surface area contributed by atoms with Crippen LogP contribution in [0.5, 0.6) is 5.88 Å². The summed E-state index contributed by atoms with van der Waals surface area (Å²) in [5.74, 6) is -1.61. The first kappa shape index (κ1) is 17.0. The van der Waals surface area contributed by atoms with Crippen molar-refractivity contribution in [3.8, 4) is 22.8 Å². The third-order valence-corrected chi connectivity index (χ3v) is 4.06. The van der Waals surface area contributed by atoms with Crippen LogP contribution < -0.4 is 4.74 Å². The maximum atomic E-state index is 14.3. The number of hydrogen-bond donors (Lipinski definition) is 1. The maximum absolute atomic E-state index is 14.3. The van der Waals surface area contributed by atoms with E-state index in [0.29, 0.717) is 15.7 Å². The van der Waals surface area contributed by atoms with Crippen LogP contribution in [0.4, 0.5) is 4.39 Å². The molecule has 7 nitrogen and oxygen atoms in total. The number of carbonyl (C=O) groups is 1. The molecule has 2 heterocycles. The van der Waals surface area contributed by atoms with E-state index in [0.717, 1.165) is 0 Å². The van der Waals surface area contributed by atoms with Gasteiger partial charge in [-0.05, 0) is 35.0 Å². The van der Waals surface area contributed by atoms with E-state index in [1.807, 2.05) is 0 Å². The second-order valence-electron chi connectivity index (χ2n) is 5.06. The van der Waals surface area contributed by atoms with Crippen molar-refractivity contribution >= 4 is 21.9 Å². The lowest BCUT2D eigenvalue weighted by atomic mass is 10.2. The molecule has 0 fully saturated rings. The molecule has 0 spiro atoms. The first-order chi connectivity index (χ1) is 12.0. The van der Waals surface area contributed by atoms with Gasteiger partial charge in [-0.25, -0.2) is 23.8 Å². The number of benzene rings is 1. The Bertz CT molecular complexity index is 917. The highest BCUT2D eigenvalue weighted by molar-refractivity contribution is 9.10. The topological polar surface area (TPSA) is 90.1 Å². The van der Waals surface area contributed by atoms with Crippen molar-refractivity contribution in [2.45, 2.75) is 13.0 Å². The zero-order valence-corrected chi connectivity index (χ0v) is 14.5. The van der Waals surface area contributed by atoms with Gasteiger partial charge < -0.3 is 9.84 Å². The molecule has 3 rings (SSSR count). The molecule has 0 radical (unpaired) electrons. The molecule has 0 aliphatic carbocycles. The minimum atomic E-state index is -1.14. The molecular weight excluding hydrogens is 395 g/mol. The first-order valence-electron chi connectivity index (χ1n) is 7.17. The third-order valence-electron chi connectivity index (χ3n) is 3.35. The zero-order valence-electron chi connectivity index (χ0n) is 12.9. The van der Waals surface area contributed by atoms with Crippen molar-refractivity contribution in [3.63, 3.8) is 0 Å². The van der Waals surface area contributed by atoms with Crippen LogP contribution in [0.3, 0.4) is 0 Å². The zero-order chi connectivity index (χ0) is 18.0. The van der Waals surface area contributed by atoms with E-state index >= 15 is 0 Å². The summed E-state index contributed by atoms with van der Waals surface area (Å²) in [6.07, 6.45) is 3.32. The quantitative estimate of drug-likeness (QED) is 0.699. The summed E-state index contributed by atoms with van der Waals surface area (Å²) in [5.41, 5.74) is 1.18. The Morgan fingerprint density at radius 2 is 2.00 bits per heavy atom. The van der Waals surface area contributed by atoms with Gasteiger partial charge in [0.25, 0.3) is 0 Å². The van der Waals surface area contributed by atoms with Crippen LogP contribution in [-0.4, -0.2) is 36.9 Å². The molecule has 9 heteroatoms. The van der Waals surface area contributed by atoms with E-state index in [2.05, 4.69) is 31.0 Å². The highest BCUT2D eigenvalue weighted by Crippen LogP contribution is 2.37. The highest BCUT2D eigenvalue weighted by atomic mass is 79.9. The lowest BCUT2D eigenvalue weighted by Gasteiger charge is -2.08. The van der Waals surface area contributed by atoms with Gasteiger partial charge in [-0.3, -0.25) is 0 Å². The van der Waals surface area contributed by atoms with Crippen molar-refractivity contribution in [3.05, 3.63) is 53.3 Å². The van der Waals surface area contributed by atoms with Crippen molar-refractivity contribution in [1.29, 1.82) is 0 Å². The fourth-order valence-electron chi connectivity index (χ4n) is 2.14. The van der Waals surface area contributed by atoms with Crippen LogP contribution in [0, 0.1) is 5.82 Å². The summed E-state index contributed by atoms with van der Waals surface area (Å²) in [5, 5.41) is 13.3. The molecule has 0 saturated carbocycles. The summed E-state index contributed by atoms with van der Waals surface area (Å²) in [6, 6.07) is 6.08. The number of aromatic nitrogens is 4. The summed E-state index contributed by atoms with van der Waals surface area (Å²) >= 11 is 3.36. The van der Waals surface area contributed by atoms with Crippen molar-refractivity contribution in [2.24, 2.45) is 0 Å². The van der Waals surface area contributed by atoms with Crippen LogP contribution >= 0.6 is 15.9 Å². The number of rotatable bonds is 5. The number of hydrogen-bond acceptors (Lipinski definition) is 5. The van der Waals surface area contributed by atoms with Gasteiger partial charge in [-0.1, -0.05) is 12.1 Å². The Morgan fingerprint density at radius 3 is 2.64 bits per heavy atom. The number of nitrogens with zero attached hydrogens (tertiary/aromatic N) is 4. The normalized spacial score (nSPS) is 12.0. The van der Waals surface area contributed by atoms with Gasteiger partial charge in [-0.15, -0.1) is 5.10 Å². The molecule has 0 bridgehead atoms. The Labute approximate surface area is 150 Å². The molecule has 25 heavy (non-hydrogen) atoms. The van der Waals surface area contributed by atoms with Gasteiger partial charge in [0, 0.05) is 18.0 Å². The summed E-state index contributed by atoms with van der Waals surface area (Å²) in [7, 11) is 0. The smallest absolute Gasteiger partial charge is 0.344 e. The van der Waals surface area contributed by atoms with E-state index < -0.39 is 17.9 Å². The number of carboxylic acid groups (broad SMARTS) is 1.